The molecular weight excluding hydrogens is 309 g/mol. The molecule has 0 radical (unpaired) electrons. The van der Waals surface area contributed by atoms with Crippen LogP contribution in [0, 0.1) is 17.5 Å². The highest BCUT2D eigenvalue weighted by atomic mass is 19.2. The molecule has 2 aromatic carbocycles. The molecule has 1 atom stereocenters. The van der Waals surface area contributed by atoms with E-state index in [0.717, 1.165) is 12.1 Å². The van der Waals surface area contributed by atoms with Crippen LogP contribution in [-0.4, -0.2) is 17.7 Å². The van der Waals surface area contributed by atoms with Crippen LogP contribution in [0.4, 0.5) is 18.9 Å². The summed E-state index contributed by atoms with van der Waals surface area (Å²) >= 11 is 0. The number of rotatable bonds is 3. The van der Waals surface area contributed by atoms with Gasteiger partial charge in [-0.3, -0.25) is 4.79 Å². The first-order chi connectivity index (χ1) is 11.0. The average Bonchev–Trinajstić information content (AvgIpc) is 3.02. The predicted molar refractivity (Wildman–Crippen MR) is 77.4 cm³/mol. The van der Waals surface area contributed by atoms with Crippen LogP contribution in [0.1, 0.15) is 12.0 Å². The molecule has 4 nitrogen and oxygen atoms in total. The number of hydrogen-bond acceptors (Lipinski definition) is 3. The number of anilines is 1. The minimum Gasteiger partial charge on any atom is -0.382 e. The van der Waals surface area contributed by atoms with E-state index in [2.05, 4.69) is 10.5 Å². The molecule has 0 aliphatic carbocycles. The lowest BCUT2D eigenvalue weighted by Gasteiger charge is -2.09. The van der Waals surface area contributed by atoms with Crippen molar-refractivity contribution in [3.05, 3.63) is 65.5 Å². The minimum atomic E-state index is -1.06. The topological polar surface area (TPSA) is 50.7 Å². The third-order valence-corrected chi connectivity index (χ3v) is 3.33. The highest BCUT2D eigenvalue weighted by Gasteiger charge is 2.29. The van der Waals surface area contributed by atoms with Crippen LogP contribution in [0.3, 0.4) is 0 Å². The van der Waals surface area contributed by atoms with Crippen molar-refractivity contribution in [1.29, 1.82) is 0 Å². The number of halogens is 3. The summed E-state index contributed by atoms with van der Waals surface area (Å²) in [5.74, 6) is -2.96. The molecule has 0 bridgehead atoms. The molecule has 0 spiro atoms. The number of hydrogen-bond donors (Lipinski definition) is 1. The summed E-state index contributed by atoms with van der Waals surface area (Å²) in [7, 11) is 0. The van der Waals surface area contributed by atoms with Gasteiger partial charge in [-0.25, -0.2) is 13.2 Å². The standard InChI is InChI=1S/C16H11F3N2O2/c17-10-3-1-9(2-4-10)14-8-15(23-21-14)16(22)20-11-5-6-12(18)13(19)7-11/h1-7,15H,8H2,(H,20,22). The molecule has 1 N–H and O–H groups in total. The van der Waals surface area contributed by atoms with Gasteiger partial charge < -0.3 is 10.2 Å². The van der Waals surface area contributed by atoms with Crippen LogP contribution in [0.15, 0.2) is 47.6 Å². The molecule has 1 aliphatic heterocycles. The predicted octanol–water partition coefficient (Wildman–Crippen LogP) is 3.24. The Morgan fingerprint density at radius 3 is 2.52 bits per heavy atom. The van der Waals surface area contributed by atoms with Gasteiger partial charge in [0.15, 0.2) is 11.6 Å². The highest BCUT2D eigenvalue weighted by molar-refractivity contribution is 6.06. The molecule has 7 heteroatoms. The Morgan fingerprint density at radius 2 is 1.83 bits per heavy atom. The Hall–Kier alpha value is -2.83. The molecule has 1 heterocycles. The first kappa shape index (κ1) is 15.1. The molecule has 23 heavy (non-hydrogen) atoms. The van der Waals surface area contributed by atoms with Crippen LogP contribution >= 0.6 is 0 Å². The van der Waals surface area contributed by atoms with Gasteiger partial charge in [0.1, 0.15) is 5.82 Å². The van der Waals surface area contributed by atoms with Crippen molar-refractivity contribution in [3.63, 3.8) is 0 Å². The number of nitrogens with zero attached hydrogens (tertiary/aromatic N) is 1. The number of amides is 1. The second-order valence-electron chi connectivity index (χ2n) is 4.96. The fourth-order valence-corrected chi connectivity index (χ4v) is 2.13. The summed E-state index contributed by atoms with van der Waals surface area (Å²) < 4.78 is 38.8. The van der Waals surface area contributed by atoms with Crippen molar-refractivity contribution in [2.75, 3.05) is 5.32 Å². The number of carbonyl (C=O) groups is 1. The van der Waals surface area contributed by atoms with E-state index in [1.165, 1.54) is 30.3 Å². The molecule has 0 fully saturated rings. The quantitative estimate of drug-likeness (QED) is 0.944. The fraction of sp³-hybridized carbons (Fsp3) is 0.125. The molecule has 0 saturated heterocycles. The average molecular weight is 320 g/mol. The molecule has 0 saturated carbocycles. The van der Waals surface area contributed by atoms with E-state index in [1.54, 1.807) is 0 Å². The molecule has 3 rings (SSSR count). The zero-order valence-electron chi connectivity index (χ0n) is 11.7. The summed E-state index contributed by atoms with van der Waals surface area (Å²) in [6.07, 6.45) is -0.690. The Labute approximate surface area is 129 Å². The van der Waals surface area contributed by atoms with Crippen molar-refractivity contribution in [1.82, 2.24) is 0 Å². The molecular formula is C16H11F3N2O2. The third kappa shape index (κ3) is 3.33. The summed E-state index contributed by atoms with van der Waals surface area (Å²) in [6.45, 7) is 0. The van der Waals surface area contributed by atoms with Gasteiger partial charge in [-0.05, 0) is 29.8 Å². The Morgan fingerprint density at radius 1 is 1.09 bits per heavy atom. The van der Waals surface area contributed by atoms with Gasteiger partial charge >= 0.3 is 0 Å². The maximum Gasteiger partial charge on any atom is 0.268 e. The Kier molecular flexibility index (Phi) is 4.01. The smallest absolute Gasteiger partial charge is 0.268 e. The molecule has 2 aromatic rings. The maximum absolute atomic E-state index is 13.1. The molecule has 0 aromatic heterocycles. The van der Waals surface area contributed by atoms with Crippen molar-refractivity contribution in [2.45, 2.75) is 12.5 Å². The van der Waals surface area contributed by atoms with E-state index in [0.29, 0.717) is 11.3 Å². The van der Waals surface area contributed by atoms with Gasteiger partial charge in [-0.2, -0.15) is 0 Å². The number of carbonyl (C=O) groups excluding carboxylic acids is 1. The zero-order chi connectivity index (χ0) is 16.4. The van der Waals surface area contributed by atoms with Gasteiger partial charge in [0.25, 0.3) is 5.91 Å². The van der Waals surface area contributed by atoms with Gasteiger partial charge in [0.05, 0.1) is 5.71 Å². The monoisotopic (exact) mass is 320 g/mol. The van der Waals surface area contributed by atoms with E-state index in [9.17, 15) is 18.0 Å². The molecule has 1 aliphatic rings. The lowest BCUT2D eigenvalue weighted by atomic mass is 10.0. The van der Waals surface area contributed by atoms with Crippen molar-refractivity contribution in [3.8, 4) is 0 Å². The van der Waals surface area contributed by atoms with Crippen molar-refractivity contribution >= 4 is 17.3 Å². The van der Waals surface area contributed by atoms with E-state index < -0.39 is 23.6 Å². The van der Waals surface area contributed by atoms with E-state index >= 15 is 0 Å². The maximum atomic E-state index is 13.1. The van der Waals surface area contributed by atoms with E-state index in [4.69, 9.17) is 4.84 Å². The highest BCUT2D eigenvalue weighted by Crippen LogP contribution is 2.19. The minimum absolute atomic E-state index is 0.118. The largest absolute Gasteiger partial charge is 0.382 e. The van der Waals surface area contributed by atoms with Crippen molar-refractivity contribution < 1.29 is 22.8 Å². The van der Waals surface area contributed by atoms with E-state index in [-0.39, 0.29) is 17.9 Å². The summed E-state index contributed by atoms with van der Waals surface area (Å²) in [5, 5.41) is 6.24. The molecule has 1 amide bonds. The first-order valence-electron chi connectivity index (χ1n) is 6.77. The zero-order valence-corrected chi connectivity index (χ0v) is 11.7. The Balaban J connectivity index is 1.64. The summed E-state index contributed by atoms with van der Waals surface area (Å²) in [5.41, 5.74) is 1.28. The second-order valence-corrected chi connectivity index (χ2v) is 4.96. The third-order valence-electron chi connectivity index (χ3n) is 3.33. The number of nitrogens with one attached hydrogen (secondary N) is 1. The lowest BCUT2D eigenvalue weighted by molar-refractivity contribution is -0.125. The lowest BCUT2D eigenvalue weighted by Crippen LogP contribution is -2.28. The van der Waals surface area contributed by atoms with E-state index in [1.807, 2.05) is 0 Å². The van der Waals surface area contributed by atoms with Gasteiger partial charge in [0, 0.05) is 18.2 Å². The summed E-state index contributed by atoms with van der Waals surface area (Å²) in [4.78, 5) is 17.1. The molecule has 118 valence electrons. The number of oxime groups is 1. The van der Waals surface area contributed by atoms with Crippen LogP contribution in [-0.2, 0) is 9.63 Å². The Bertz CT molecular complexity index is 775. The van der Waals surface area contributed by atoms with Gasteiger partial charge in [-0.1, -0.05) is 17.3 Å². The fourth-order valence-electron chi connectivity index (χ4n) is 2.13. The van der Waals surface area contributed by atoms with Crippen LogP contribution < -0.4 is 5.32 Å². The van der Waals surface area contributed by atoms with Crippen LogP contribution in [0.5, 0.6) is 0 Å². The SMILES string of the molecule is O=C(Nc1ccc(F)c(F)c1)C1CC(c2ccc(F)cc2)=NO1. The summed E-state index contributed by atoms with van der Waals surface area (Å²) in [6, 6.07) is 8.68. The normalized spacial score (nSPS) is 16.7. The molecule has 1 unspecified atom stereocenters. The van der Waals surface area contributed by atoms with Crippen LogP contribution in [0.25, 0.3) is 0 Å². The van der Waals surface area contributed by atoms with Crippen molar-refractivity contribution in [2.24, 2.45) is 5.16 Å². The van der Waals surface area contributed by atoms with Gasteiger partial charge in [0.2, 0.25) is 6.10 Å². The van der Waals surface area contributed by atoms with Gasteiger partial charge in [-0.15, -0.1) is 0 Å². The second kappa shape index (κ2) is 6.12. The first-order valence-corrected chi connectivity index (χ1v) is 6.77. The van der Waals surface area contributed by atoms with Crippen LogP contribution in [0.2, 0.25) is 0 Å². The number of benzene rings is 2.